The number of thioether (sulfide) groups is 1. The third kappa shape index (κ3) is 3.07. The Bertz CT molecular complexity index is 770. The lowest BCUT2D eigenvalue weighted by Gasteiger charge is -2.01. The van der Waals surface area contributed by atoms with Crippen molar-refractivity contribution in [2.24, 2.45) is 0 Å². The number of hydrogen-bond donors (Lipinski definition) is 1. The Morgan fingerprint density at radius 2 is 1.85 bits per heavy atom. The van der Waals surface area contributed by atoms with Crippen molar-refractivity contribution < 1.29 is 0 Å². The van der Waals surface area contributed by atoms with E-state index in [0.717, 1.165) is 27.5 Å². The van der Waals surface area contributed by atoms with E-state index in [1.54, 1.807) is 17.8 Å². The average molecular weight is 344 g/mol. The summed E-state index contributed by atoms with van der Waals surface area (Å²) >= 11 is 19.5. The van der Waals surface area contributed by atoms with E-state index in [4.69, 9.17) is 34.8 Å². The number of aromatic amines is 1. The van der Waals surface area contributed by atoms with Crippen molar-refractivity contribution in [1.82, 2.24) is 9.97 Å². The lowest BCUT2D eigenvalue weighted by Crippen LogP contribution is -1.82. The van der Waals surface area contributed by atoms with Gasteiger partial charge in [-0.1, -0.05) is 52.6 Å². The van der Waals surface area contributed by atoms with Crippen molar-refractivity contribution in [2.75, 3.05) is 0 Å². The van der Waals surface area contributed by atoms with Crippen LogP contribution in [0.3, 0.4) is 0 Å². The van der Waals surface area contributed by atoms with Crippen LogP contribution >= 0.6 is 46.6 Å². The van der Waals surface area contributed by atoms with E-state index >= 15 is 0 Å². The lowest BCUT2D eigenvalue weighted by molar-refractivity contribution is 1.08. The van der Waals surface area contributed by atoms with Crippen LogP contribution in [0.15, 0.2) is 41.6 Å². The van der Waals surface area contributed by atoms with Gasteiger partial charge >= 0.3 is 0 Å². The first kappa shape index (κ1) is 14.1. The van der Waals surface area contributed by atoms with Gasteiger partial charge in [-0.15, -0.1) is 0 Å². The van der Waals surface area contributed by atoms with Crippen molar-refractivity contribution >= 4 is 57.6 Å². The van der Waals surface area contributed by atoms with Crippen LogP contribution in [-0.4, -0.2) is 9.97 Å². The molecule has 0 atom stereocenters. The van der Waals surface area contributed by atoms with Crippen LogP contribution < -0.4 is 0 Å². The molecular weight excluding hydrogens is 335 g/mol. The Hall–Kier alpha value is -0.870. The first-order chi connectivity index (χ1) is 9.61. The minimum absolute atomic E-state index is 0.568. The molecule has 0 aliphatic heterocycles. The first-order valence-electron chi connectivity index (χ1n) is 5.84. The van der Waals surface area contributed by atoms with Gasteiger partial charge in [-0.2, -0.15) is 0 Å². The molecule has 0 aliphatic carbocycles. The molecule has 3 rings (SSSR count). The monoisotopic (exact) mass is 342 g/mol. The van der Waals surface area contributed by atoms with Gasteiger partial charge in [0.1, 0.15) is 0 Å². The number of aromatic nitrogens is 2. The SMILES string of the molecule is Clc1ccc2nc(SCc3ccc(Cl)c(Cl)c3)[nH]c2c1. The number of benzene rings is 2. The maximum atomic E-state index is 6.00. The maximum absolute atomic E-state index is 6.00. The smallest absolute Gasteiger partial charge is 0.166 e. The maximum Gasteiger partial charge on any atom is 0.166 e. The van der Waals surface area contributed by atoms with Crippen LogP contribution in [0.5, 0.6) is 0 Å². The number of imidazole rings is 1. The molecule has 1 heterocycles. The first-order valence-corrected chi connectivity index (χ1v) is 7.96. The summed E-state index contributed by atoms with van der Waals surface area (Å²) in [6.45, 7) is 0. The zero-order valence-corrected chi connectivity index (χ0v) is 13.2. The zero-order chi connectivity index (χ0) is 14.1. The number of rotatable bonds is 3. The fourth-order valence-electron chi connectivity index (χ4n) is 1.81. The number of nitrogens with zero attached hydrogens (tertiary/aromatic N) is 1. The summed E-state index contributed by atoms with van der Waals surface area (Å²) in [7, 11) is 0. The van der Waals surface area contributed by atoms with Gasteiger partial charge in [0.25, 0.3) is 0 Å². The van der Waals surface area contributed by atoms with Crippen LogP contribution in [0.1, 0.15) is 5.56 Å². The summed E-state index contributed by atoms with van der Waals surface area (Å²) in [6.07, 6.45) is 0. The molecule has 20 heavy (non-hydrogen) atoms. The second-order valence-corrected chi connectivity index (χ2v) is 6.46. The molecule has 0 unspecified atom stereocenters. The van der Waals surface area contributed by atoms with Crippen molar-refractivity contribution in [1.29, 1.82) is 0 Å². The van der Waals surface area contributed by atoms with Crippen molar-refractivity contribution in [3.8, 4) is 0 Å². The number of fused-ring (bicyclic) bond motifs is 1. The predicted molar refractivity (Wildman–Crippen MR) is 87.1 cm³/mol. The third-order valence-corrected chi connectivity index (χ3v) is 4.70. The van der Waals surface area contributed by atoms with Crippen LogP contribution in [0.25, 0.3) is 11.0 Å². The van der Waals surface area contributed by atoms with Crippen molar-refractivity contribution in [3.63, 3.8) is 0 Å². The van der Waals surface area contributed by atoms with Gasteiger partial charge in [-0.25, -0.2) is 4.98 Å². The van der Waals surface area contributed by atoms with Crippen LogP contribution in [0.2, 0.25) is 15.1 Å². The van der Waals surface area contributed by atoms with Gasteiger partial charge in [-0.05, 0) is 35.9 Å². The Balaban J connectivity index is 1.77. The number of hydrogen-bond acceptors (Lipinski definition) is 2. The molecule has 102 valence electrons. The minimum atomic E-state index is 0.568. The van der Waals surface area contributed by atoms with Crippen LogP contribution in [0, 0.1) is 0 Å². The molecule has 3 aromatic rings. The molecule has 1 aromatic heterocycles. The van der Waals surface area contributed by atoms with Gasteiger partial charge in [0, 0.05) is 10.8 Å². The average Bonchev–Trinajstić information content (AvgIpc) is 2.82. The van der Waals surface area contributed by atoms with Crippen molar-refractivity contribution in [2.45, 2.75) is 10.9 Å². The number of nitrogens with one attached hydrogen (secondary N) is 1. The fourth-order valence-corrected chi connectivity index (χ4v) is 3.13. The number of H-pyrrole nitrogens is 1. The second-order valence-electron chi connectivity index (χ2n) is 4.24. The highest BCUT2D eigenvalue weighted by Crippen LogP contribution is 2.28. The summed E-state index contributed by atoms with van der Waals surface area (Å²) in [6, 6.07) is 11.2. The summed E-state index contributed by atoms with van der Waals surface area (Å²) < 4.78 is 0. The van der Waals surface area contributed by atoms with E-state index in [0.29, 0.717) is 15.1 Å². The molecule has 0 bridgehead atoms. The second kappa shape index (κ2) is 5.86. The highest BCUT2D eigenvalue weighted by Gasteiger charge is 2.05. The highest BCUT2D eigenvalue weighted by atomic mass is 35.5. The summed E-state index contributed by atoms with van der Waals surface area (Å²) in [5.41, 5.74) is 2.95. The quantitative estimate of drug-likeness (QED) is 0.607. The highest BCUT2D eigenvalue weighted by molar-refractivity contribution is 7.98. The van der Waals surface area contributed by atoms with E-state index in [9.17, 15) is 0 Å². The Morgan fingerprint density at radius 3 is 2.65 bits per heavy atom. The topological polar surface area (TPSA) is 28.7 Å². The predicted octanol–water partition coefficient (Wildman–Crippen LogP) is 5.82. The van der Waals surface area contributed by atoms with Gasteiger partial charge < -0.3 is 4.98 Å². The van der Waals surface area contributed by atoms with Gasteiger partial charge in [0.05, 0.1) is 21.1 Å². The largest absolute Gasteiger partial charge is 0.333 e. The fraction of sp³-hybridized carbons (Fsp3) is 0.0714. The van der Waals surface area contributed by atoms with Gasteiger partial charge in [0.15, 0.2) is 5.16 Å². The van der Waals surface area contributed by atoms with Gasteiger partial charge in [0.2, 0.25) is 0 Å². The minimum Gasteiger partial charge on any atom is -0.333 e. The Labute approximate surface area is 135 Å². The molecular formula is C14H9Cl3N2S. The third-order valence-electron chi connectivity index (χ3n) is 2.78. The lowest BCUT2D eigenvalue weighted by atomic mass is 10.2. The van der Waals surface area contributed by atoms with E-state index < -0.39 is 0 Å². The van der Waals surface area contributed by atoms with Crippen LogP contribution in [0.4, 0.5) is 0 Å². The standard InChI is InChI=1S/C14H9Cl3N2S/c15-9-2-4-12-13(6-9)19-14(18-12)20-7-8-1-3-10(16)11(17)5-8/h1-6H,7H2,(H,18,19). The van der Waals surface area contributed by atoms with E-state index in [1.807, 2.05) is 30.3 Å². The molecule has 0 saturated carbocycles. The molecule has 0 spiro atoms. The number of halogens is 3. The normalized spacial score (nSPS) is 11.2. The summed E-state index contributed by atoms with van der Waals surface area (Å²) in [5.74, 6) is 0.768. The molecule has 0 aliphatic rings. The van der Waals surface area contributed by atoms with E-state index in [2.05, 4.69) is 9.97 Å². The molecule has 0 amide bonds. The summed E-state index contributed by atoms with van der Waals surface area (Å²) in [5, 5.41) is 2.69. The molecule has 6 heteroatoms. The Kier molecular flexibility index (Phi) is 4.13. The van der Waals surface area contributed by atoms with Crippen molar-refractivity contribution in [3.05, 3.63) is 57.0 Å². The zero-order valence-electron chi connectivity index (χ0n) is 10.2. The van der Waals surface area contributed by atoms with Crippen LogP contribution in [-0.2, 0) is 5.75 Å². The van der Waals surface area contributed by atoms with E-state index in [1.165, 1.54) is 0 Å². The molecule has 2 nitrogen and oxygen atoms in total. The molecule has 0 saturated heterocycles. The van der Waals surface area contributed by atoms with Gasteiger partial charge in [-0.3, -0.25) is 0 Å². The molecule has 0 fully saturated rings. The Morgan fingerprint density at radius 1 is 1.00 bits per heavy atom. The molecule has 0 radical (unpaired) electrons. The van der Waals surface area contributed by atoms with E-state index in [-0.39, 0.29) is 0 Å². The molecule has 2 aromatic carbocycles. The molecule has 1 N–H and O–H groups in total. The summed E-state index contributed by atoms with van der Waals surface area (Å²) in [4.78, 5) is 7.74.